The van der Waals surface area contributed by atoms with Crippen molar-refractivity contribution in [2.24, 2.45) is 5.92 Å². The first-order valence-electron chi connectivity index (χ1n) is 9.09. The second kappa shape index (κ2) is 11.3. The average molecular weight is 462 g/mol. The molecule has 2 aromatic rings. The summed E-state index contributed by atoms with van der Waals surface area (Å²) >= 11 is 6.03. The molecule has 0 unspecified atom stereocenters. The number of carbonyl (C=O) groups excluding carboxylic acids is 1. The molecule has 1 saturated heterocycles. The van der Waals surface area contributed by atoms with E-state index in [2.05, 4.69) is 22.1 Å². The summed E-state index contributed by atoms with van der Waals surface area (Å²) < 4.78 is 5.23. The number of rotatable bonds is 5. The largest absolute Gasteiger partial charge is 0.496 e. The maximum Gasteiger partial charge on any atom is 0.255 e. The van der Waals surface area contributed by atoms with Crippen molar-refractivity contribution in [1.82, 2.24) is 10.3 Å². The molecule has 29 heavy (non-hydrogen) atoms. The number of halogens is 3. The number of pyridine rings is 1. The molecule has 6 nitrogen and oxygen atoms in total. The number of nitrogens with zero attached hydrogens (tertiary/aromatic N) is 2. The van der Waals surface area contributed by atoms with E-state index in [0.29, 0.717) is 28.6 Å². The number of carbonyl (C=O) groups is 1. The van der Waals surface area contributed by atoms with Crippen LogP contribution in [0.5, 0.6) is 5.75 Å². The average Bonchev–Trinajstić information content (AvgIpc) is 2.69. The SMILES string of the molecule is COc1cc(N)c(Cl)cc1C(=O)NCc1ccc(N2CCC(C)CC2)nc1.Cl.Cl. The highest BCUT2D eigenvalue weighted by Crippen LogP contribution is 2.28. The van der Waals surface area contributed by atoms with Crippen LogP contribution in [-0.2, 0) is 6.54 Å². The van der Waals surface area contributed by atoms with Gasteiger partial charge in [-0.3, -0.25) is 4.79 Å². The number of anilines is 2. The van der Waals surface area contributed by atoms with Gasteiger partial charge in [0.2, 0.25) is 0 Å². The molecule has 2 heterocycles. The molecule has 1 aromatic heterocycles. The van der Waals surface area contributed by atoms with Crippen LogP contribution in [0.15, 0.2) is 30.5 Å². The number of nitrogen functional groups attached to an aromatic ring is 1. The Morgan fingerprint density at radius 1 is 1.31 bits per heavy atom. The van der Waals surface area contributed by atoms with Gasteiger partial charge in [-0.25, -0.2) is 4.98 Å². The van der Waals surface area contributed by atoms with Gasteiger partial charge in [0.15, 0.2) is 0 Å². The lowest BCUT2D eigenvalue weighted by Gasteiger charge is -2.31. The van der Waals surface area contributed by atoms with E-state index in [-0.39, 0.29) is 30.7 Å². The van der Waals surface area contributed by atoms with Crippen molar-refractivity contribution in [1.29, 1.82) is 0 Å². The van der Waals surface area contributed by atoms with Gasteiger partial charge in [0.1, 0.15) is 11.6 Å². The Balaban J connectivity index is 0.00000210. The molecule has 160 valence electrons. The van der Waals surface area contributed by atoms with Crippen LogP contribution in [0.4, 0.5) is 11.5 Å². The molecule has 1 aliphatic heterocycles. The van der Waals surface area contributed by atoms with Gasteiger partial charge in [-0.15, -0.1) is 24.8 Å². The summed E-state index contributed by atoms with van der Waals surface area (Å²) in [5.74, 6) is 1.89. The predicted octanol–water partition coefficient (Wildman–Crippen LogP) is 4.34. The summed E-state index contributed by atoms with van der Waals surface area (Å²) in [6, 6.07) is 7.07. The molecule has 1 aromatic carbocycles. The number of methoxy groups -OCH3 is 1. The molecule has 0 radical (unpaired) electrons. The first-order valence-corrected chi connectivity index (χ1v) is 9.46. The smallest absolute Gasteiger partial charge is 0.255 e. The van der Waals surface area contributed by atoms with Crippen LogP contribution in [0, 0.1) is 5.92 Å². The Hall–Kier alpha value is -1.89. The summed E-state index contributed by atoms with van der Waals surface area (Å²) in [6.45, 7) is 4.75. The minimum absolute atomic E-state index is 0. The predicted molar refractivity (Wildman–Crippen MR) is 123 cm³/mol. The van der Waals surface area contributed by atoms with Crippen molar-refractivity contribution < 1.29 is 9.53 Å². The monoisotopic (exact) mass is 460 g/mol. The molecule has 1 fully saturated rings. The number of hydrogen-bond donors (Lipinski definition) is 2. The van der Waals surface area contributed by atoms with Crippen LogP contribution in [0.2, 0.25) is 5.02 Å². The lowest BCUT2D eigenvalue weighted by atomic mass is 9.99. The van der Waals surface area contributed by atoms with Crippen LogP contribution in [0.1, 0.15) is 35.7 Å². The number of ether oxygens (including phenoxy) is 1. The van der Waals surface area contributed by atoms with Crippen LogP contribution in [0.3, 0.4) is 0 Å². The van der Waals surface area contributed by atoms with Crippen LogP contribution in [-0.4, -0.2) is 31.1 Å². The van der Waals surface area contributed by atoms with Crippen molar-refractivity contribution in [2.75, 3.05) is 30.8 Å². The van der Waals surface area contributed by atoms with E-state index in [0.717, 1.165) is 30.4 Å². The minimum Gasteiger partial charge on any atom is -0.496 e. The molecular formula is C20H27Cl3N4O2. The third kappa shape index (κ3) is 6.29. The van der Waals surface area contributed by atoms with Crippen molar-refractivity contribution in [3.63, 3.8) is 0 Å². The Kier molecular flexibility index (Phi) is 9.83. The van der Waals surface area contributed by atoms with Crippen LogP contribution >= 0.6 is 36.4 Å². The van der Waals surface area contributed by atoms with Gasteiger partial charge in [-0.05, 0) is 36.5 Å². The third-order valence-corrected chi connectivity index (χ3v) is 5.26. The molecule has 3 rings (SSSR count). The van der Waals surface area contributed by atoms with Gasteiger partial charge in [-0.1, -0.05) is 24.6 Å². The minimum atomic E-state index is -0.275. The zero-order chi connectivity index (χ0) is 19.4. The number of amides is 1. The van der Waals surface area contributed by atoms with E-state index in [4.69, 9.17) is 22.1 Å². The molecule has 1 amide bonds. The van der Waals surface area contributed by atoms with Crippen molar-refractivity contribution in [3.05, 3.63) is 46.6 Å². The number of hydrogen-bond acceptors (Lipinski definition) is 5. The van der Waals surface area contributed by atoms with Crippen molar-refractivity contribution >= 4 is 53.8 Å². The standard InChI is InChI=1S/C20H25ClN4O2.2ClH/c1-13-5-7-25(8-6-13)19-4-3-14(11-23-19)12-24-20(26)15-9-16(21)17(22)10-18(15)27-2;;/h3-4,9-11,13H,5-8,12,22H2,1-2H3,(H,24,26);2*1H. The summed E-state index contributed by atoms with van der Waals surface area (Å²) in [6.07, 6.45) is 4.21. The molecule has 0 saturated carbocycles. The van der Waals surface area contributed by atoms with Gasteiger partial charge in [0, 0.05) is 31.9 Å². The molecule has 1 aliphatic rings. The number of nitrogens with one attached hydrogen (secondary N) is 1. The first kappa shape index (κ1) is 25.1. The summed E-state index contributed by atoms with van der Waals surface area (Å²) in [4.78, 5) is 19.3. The number of aromatic nitrogens is 1. The van der Waals surface area contributed by atoms with Crippen LogP contribution in [0.25, 0.3) is 0 Å². The fraction of sp³-hybridized carbons (Fsp3) is 0.400. The highest BCUT2D eigenvalue weighted by atomic mass is 35.5. The maximum atomic E-state index is 12.5. The Bertz CT molecular complexity index is 810. The van der Waals surface area contributed by atoms with Crippen molar-refractivity contribution in [3.8, 4) is 5.75 Å². The molecule has 9 heteroatoms. The number of benzene rings is 1. The fourth-order valence-electron chi connectivity index (χ4n) is 3.14. The topological polar surface area (TPSA) is 80.5 Å². The molecule has 0 bridgehead atoms. The second-order valence-electron chi connectivity index (χ2n) is 6.95. The summed E-state index contributed by atoms with van der Waals surface area (Å²) in [7, 11) is 1.49. The summed E-state index contributed by atoms with van der Waals surface area (Å²) in [5.41, 5.74) is 7.41. The molecule has 0 spiro atoms. The maximum absolute atomic E-state index is 12.5. The Labute approximate surface area is 189 Å². The van der Waals surface area contributed by atoms with E-state index in [9.17, 15) is 4.79 Å². The quantitative estimate of drug-likeness (QED) is 0.648. The van der Waals surface area contributed by atoms with E-state index >= 15 is 0 Å². The van der Waals surface area contributed by atoms with Crippen molar-refractivity contribution in [2.45, 2.75) is 26.3 Å². The van der Waals surface area contributed by atoms with Gasteiger partial charge in [0.25, 0.3) is 5.91 Å². The molecule has 3 N–H and O–H groups in total. The Morgan fingerprint density at radius 3 is 2.59 bits per heavy atom. The number of piperidine rings is 1. The van der Waals surface area contributed by atoms with Crippen LogP contribution < -0.4 is 20.7 Å². The van der Waals surface area contributed by atoms with E-state index in [1.165, 1.54) is 26.0 Å². The van der Waals surface area contributed by atoms with Gasteiger partial charge < -0.3 is 20.7 Å². The van der Waals surface area contributed by atoms with Gasteiger partial charge in [0.05, 0.1) is 23.4 Å². The molecule has 0 aliphatic carbocycles. The highest BCUT2D eigenvalue weighted by molar-refractivity contribution is 6.33. The molecule has 0 atom stereocenters. The first-order chi connectivity index (χ1) is 13.0. The lowest BCUT2D eigenvalue weighted by Crippen LogP contribution is -2.33. The van der Waals surface area contributed by atoms with Gasteiger partial charge in [-0.2, -0.15) is 0 Å². The highest BCUT2D eigenvalue weighted by Gasteiger charge is 2.17. The van der Waals surface area contributed by atoms with Gasteiger partial charge >= 0.3 is 0 Å². The lowest BCUT2D eigenvalue weighted by molar-refractivity contribution is 0.0948. The fourth-order valence-corrected chi connectivity index (χ4v) is 3.30. The van der Waals surface area contributed by atoms with E-state index in [1.807, 2.05) is 12.1 Å². The van der Waals surface area contributed by atoms with E-state index in [1.54, 1.807) is 12.3 Å². The normalized spacial score (nSPS) is 13.8. The zero-order valence-corrected chi connectivity index (χ0v) is 18.9. The Morgan fingerprint density at radius 2 is 2.00 bits per heavy atom. The zero-order valence-electron chi connectivity index (χ0n) is 16.5. The molecular weight excluding hydrogens is 435 g/mol. The second-order valence-corrected chi connectivity index (χ2v) is 7.36. The summed E-state index contributed by atoms with van der Waals surface area (Å²) in [5, 5.41) is 3.19. The van der Waals surface area contributed by atoms with E-state index < -0.39 is 0 Å². The third-order valence-electron chi connectivity index (χ3n) is 4.93. The number of nitrogens with two attached hydrogens (primary N) is 1.